The fourth-order valence-electron chi connectivity index (χ4n) is 3.33. The summed E-state index contributed by atoms with van der Waals surface area (Å²) in [5.41, 5.74) is 2.84. The Hall–Kier alpha value is -2.22. The van der Waals surface area contributed by atoms with Crippen molar-refractivity contribution in [2.24, 2.45) is 0 Å². The number of nitrogens with zero attached hydrogens (tertiary/aromatic N) is 2. The number of carbonyl (C=O) groups excluding carboxylic acids is 1. The Morgan fingerprint density at radius 2 is 1.72 bits per heavy atom. The van der Waals surface area contributed by atoms with Gasteiger partial charge in [0.05, 0.1) is 4.90 Å². The fourth-order valence-corrected chi connectivity index (χ4v) is 4.80. The van der Waals surface area contributed by atoms with E-state index in [1.807, 2.05) is 7.05 Å². The Morgan fingerprint density at radius 1 is 1.03 bits per heavy atom. The van der Waals surface area contributed by atoms with Crippen molar-refractivity contribution in [3.05, 3.63) is 65.2 Å². The van der Waals surface area contributed by atoms with Crippen LogP contribution in [0.4, 0.5) is 0 Å². The smallest absolute Gasteiger partial charge is 0.251 e. The third kappa shape index (κ3) is 5.65. The summed E-state index contributed by atoms with van der Waals surface area (Å²) in [6.45, 7) is 4.95. The normalized spacial score (nSPS) is 15.9. The molecular weight excluding hydrogens is 386 g/mol. The molecule has 1 amide bonds. The average molecular weight is 416 g/mol. The van der Waals surface area contributed by atoms with E-state index in [1.54, 1.807) is 18.2 Å². The number of carbonyl (C=O) groups is 1. The maximum atomic E-state index is 12.9. The molecule has 0 bridgehead atoms. The van der Waals surface area contributed by atoms with Gasteiger partial charge in [0.25, 0.3) is 5.91 Å². The maximum absolute atomic E-state index is 12.9. The Morgan fingerprint density at radius 3 is 2.41 bits per heavy atom. The molecule has 0 spiro atoms. The van der Waals surface area contributed by atoms with Gasteiger partial charge in [-0.05, 0) is 50.6 Å². The lowest BCUT2D eigenvalue weighted by Crippen LogP contribution is -2.47. The highest BCUT2D eigenvalue weighted by molar-refractivity contribution is 7.89. The first kappa shape index (κ1) is 21.5. The van der Waals surface area contributed by atoms with Crippen molar-refractivity contribution in [3.8, 4) is 0 Å². The zero-order valence-electron chi connectivity index (χ0n) is 17.1. The first-order valence-corrected chi connectivity index (χ1v) is 11.4. The Bertz CT molecular complexity index is 934. The summed E-state index contributed by atoms with van der Waals surface area (Å²) in [7, 11) is -1.60. The van der Waals surface area contributed by atoms with Gasteiger partial charge in [-0.2, -0.15) is 4.31 Å². The molecule has 0 aliphatic carbocycles. The van der Waals surface area contributed by atoms with Gasteiger partial charge in [0.2, 0.25) is 10.0 Å². The van der Waals surface area contributed by atoms with Crippen LogP contribution in [0.3, 0.4) is 0 Å². The molecule has 1 heterocycles. The quantitative estimate of drug-likeness (QED) is 0.705. The maximum Gasteiger partial charge on any atom is 0.251 e. The van der Waals surface area contributed by atoms with E-state index < -0.39 is 10.0 Å². The van der Waals surface area contributed by atoms with E-state index in [0.717, 1.165) is 12.8 Å². The molecule has 29 heavy (non-hydrogen) atoms. The average Bonchev–Trinajstić information content (AvgIpc) is 2.73. The molecule has 0 atom stereocenters. The van der Waals surface area contributed by atoms with Crippen LogP contribution in [0.15, 0.2) is 53.4 Å². The van der Waals surface area contributed by atoms with Gasteiger partial charge in [-0.15, -0.1) is 0 Å². The highest BCUT2D eigenvalue weighted by atomic mass is 32.2. The molecule has 1 fully saturated rings. The number of aryl methyl sites for hydroxylation is 2. The molecular formula is C22H29N3O3S. The molecule has 0 aromatic heterocycles. The SMILES string of the molecule is Cc1ccc(CCCNC(=O)c2cccc(S(=O)(=O)N3CCN(C)CC3)c2)cc1. The van der Waals surface area contributed by atoms with Gasteiger partial charge in [0, 0.05) is 38.3 Å². The van der Waals surface area contributed by atoms with Crippen LogP contribution in [-0.2, 0) is 16.4 Å². The second-order valence-electron chi connectivity index (χ2n) is 7.58. The molecule has 3 rings (SSSR count). The molecule has 7 heteroatoms. The van der Waals surface area contributed by atoms with Crippen molar-refractivity contribution in [2.75, 3.05) is 39.8 Å². The van der Waals surface area contributed by atoms with E-state index in [2.05, 4.69) is 41.4 Å². The highest BCUT2D eigenvalue weighted by Crippen LogP contribution is 2.18. The monoisotopic (exact) mass is 415 g/mol. The number of likely N-dealkylation sites (N-methyl/N-ethyl adjacent to an activating group) is 1. The summed E-state index contributed by atoms with van der Waals surface area (Å²) in [5, 5.41) is 2.89. The lowest BCUT2D eigenvalue weighted by Gasteiger charge is -2.31. The van der Waals surface area contributed by atoms with E-state index in [9.17, 15) is 13.2 Å². The number of hydrogen-bond donors (Lipinski definition) is 1. The predicted octanol–water partition coefficient (Wildman–Crippen LogP) is 2.29. The van der Waals surface area contributed by atoms with Gasteiger partial charge in [0.1, 0.15) is 0 Å². The lowest BCUT2D eigenvalue weighted by molar-refractivity contribution is 0.0953. The molecule has 0 radical (unpaired) electrons. The van der Waals surface area contributed by atoms with E-state index in [-0.39, 0.29) is 10.8 Å². The molecule has 1 aliphatic rings. The summed E-state index contributed by atoms with van der Waals surface area (Å²) >= 11 is 0. The predicted molar refractivity (Wildman–Crippen MR) is 115 cm³/mol. The largest absolute Gasteiger partial charge is 0.352 e. The van der Waals surface area contributed by atoms with Gasteiger partial charge >= 0.3 is 0 Å². The van der Waals surface area contributed by atoms with Crippen LogP contribution in [0.25, 0.3) is 0 Å². The van der Waals surface area contributed by atoms with Gasteiger partial charge in [0.15, 0.2) is 0 Å². The summed E-state index contributed by atoms with van der Waals surface area (Å²) < 4.78 is 27.3. The van der Waals surface area contributed by atoms with Crippen molar-refractivity contribution >= 4 is 15.9 Å². The third-order valence-corrected chi connectivity index (χ3v) is 7.14. The second kappa shape index (κ2) is 9.52. The van der Waals surface area contributed by atoms with Gasteiger partial charge in [-0.3, -0.25) is 4.79 Å². The molecule has 1 saturated heterocycles. The Labute approximate surface area is 173 Å². The third-order valence-electron chi connectivity index (χ3n) is 5.24. The molecule has 1 N–H and O–H groups in total. The lowest BCUT2D eigenvalue weighted by atomic mass is 10.1. The minimum atomic E-state index is -3.58. The van der Waals surface area contributed by atoms with E-state index in [1.165, 1.54) is 21.5 Å². The number of sulfonamides is 1. The van der Waals surface area contributed by atoms with E-state index >= 15 is 0 Å². The number of benzene rings is 2. The molecule has 6 nitrogen and oxygen atoms in total. The Kier molecular flexibility index (Phi) is 7.05. The van der Waals surface area contributed by atoms with Gasteiger partial charge < -0.3 is 10.2 Å². The zero-order chi connectivity index (χ0) is 20.9. The van der Waals surface area contributed by atoms with Crippen molar-refractivity contribution in [2.45, 2.75) is 24.7 Å². The summed E-state index contributed by atoms with van der Waals surface area (Å²) in [4.78, 5) is 14.8. The first-order chi connectivity index (χ1) is 13.9. The molecule has 156 valence electrons. The van der Waals surface area contributed by atoms with Crippen LogP contribution in [0.1, 0.15) is 27.9 Å². The van der Waals surface area contributed by atoms with E-state index in [0.29, 0.717) is 38.3 Å². The summed E-state index contributed by atoms with van der Waals surface area (Å²) in [6, 6.07) is 14.7. The van der Waals surface area contributed by atoms with Gasteiger partial charge in [-0.25, -0.2) is 8.42 Å². The molecule has 0 unspecified atom stereocenters. The van der Waals surface area contributed by atoms with Crippen molar-refractivity contribution in [1.29, 1.82) is 0 Å². The Balaban J connectivity index is 1.56. The molecule has 0 saturated carbocycles. The second-order valence-corrected chi connectivity index (χ2v) is 9.52. The van der Waals surface area contributed by atoms with Crippen molar-refractivity contribution in [3.63, 3.8) is 0 Å². The summed E-state index contributed by atoms with van der Waals surface area (Å²) in [5.74, 6) is -0.246. The number of hydrogen-bond acceptors (Lipinski definition) is 4. The van der Waals surface area contributed by atoms with Crippen LogP contribution in [0.2, 0.25) is 0 Å². The highest BCUT2D eigenvalue weighted by Gasteiger charge is 2.27. The van der Waals surface area contributed by atoms with Crippen LogP contribution in [-0.4, -0.2) is 63.3 Å². The number of amides is 1. The minimum absolute atomic E-state index is 0.175. The van der Waals surface area contributed by atoms with Gasteiger partial charge in [-0.1, -0.05) is 35.9 Å². The number of nitrogens with one attached hydrogen (secondary N) is 1. The van der Waals surface area contributed by atoms with E-state index in [4.69, 9.17) is 0 Å². The van der Waals surface area contributed by atoms with Crippen molar-refractivity contribution in [1.82, 2.24) is 14.5 Å². The standard InChI is InChI=1S/C22H29N3O3S/c1-18-8-10-19(11-9-18)5-4-12-23-22(26)20-6-3-7-21(17-20)29(27,28)25-15-13-24(2)14-16-25/h3,6-11,17H,4-5,12-16H2,1-2H3,(H,23,26). The fraction of sp³-hybridized carbons (Fsp3) is 0.409. The van der Waals surface area contributed by atoms with Crippen LogP contribution in [0, 0.1) is 6.92 Å². The number of piperazine rings is 1. The topological polar surface area (TPSA) is 69.7 Å². The molecule has 2 aromatic rings. The van der Waals surface area contributed by atoms with Crippen LogP contribution in [0.5, 0.6) is 0 Å². The van der Waals surface area contributed by atoms with Crippen molar-refractivity contribution < 1.29 is 13.2 Å². The minimum Gasteiger partial charge on any atom is -0.352 e. The van der Waals surface area contributed by atoms with Crippen LogP contribution < -0.4 is 5.32 Å². The molecule has 1 aliphatic heterocycles. The van der Waals surface area contributed by atoms with Crippen LogP contribution >= 0.6 is 0 Å². The zero-order valence-corrected chi connectivity index (χ0v) is 17.9. The summed E-state index contributed by atoms with van der Waals surface area (Å²) in [6.07, 6.45) is 1.71. The molecule has 2 aromatic carbocycles. The first-order valence-electron chi connectivity index (χ1n) is 9.99. The number of rotatable bonds is 7.